The van der Waals surface area contributed by atoms with Gasteiger partial charge in [-0.1, -0.05) is 121 Å². The topological polar surface area (TPSA) is 64.5 Å². The van der Waals surface area contributed by atoms with E-state index < -0.39 is 0 Å². The van der Waals surface area contributed by atoms with Gasteiger partial charge >= 0.3 is 0 Å². The summed E-state index contributed by atoms with van der Waals surface area (Å²) in [6, 6.07) is 61.6. The van der Waals surface area contributed by atoms with Gasteiger partial charge in [-0.15, -0.1) is 0 Å². The number of benzene rings is 6. The average Bonchev–Trinajstić information content (AvgIpc) is 3.27. The van der Waals surface area contributed by atoms with Crippen molar-refractivity contribution >= 4 is 0 Å². The molecule has 3 heterocycles. The van der Waals surface area contributed by atoms with Crippen LogP contribution in [0.4, 0.5) is 0 Å². The Kier molecular flexibility index (Phi) is 8.86. The van der Waals surface area contributed by atoms with Crippen molar-refractivity contribution < 1.29 is 0 Å². The Bertz CT molecular complexity index is 2560. The van der Waals surface area contributed by atoms with Crippen LogP contribution in [-0.4, -0.2) is 24.9 Å². The van der Waals surface area contributed by atoms with Crippen molar-refractivity contribution in [2.75, 3.05) is 0 Å². The van der Waals surface area contributed by atoms with E-state index in [0.29, 0.717) is 17.5 Å². The van der Waals surface area contributed by atoms with Crippen molar-refractivity contribution in [1.82, 2.24) is 24.9 Å². The molecule has 9 aromatic rings. The van der Waals surface area contributed by atoms with Crippen molar-refractivity contribution in [2.24, 2.45) is 0 Å². The summed E-state index contributed by atoms with van der Waals surface area (Å²) in [5, 5.41) is 0. The summed E-state index contributed by atoms with van der Waals surface area (Å²) in [5.74, 6) is 1.78. The number of pyridine rings is 2. The van der Waals surface area contributed by atoms with E-state index in [9.17, 15) is 0 Å². The molecule has 0 saturated heterocycles. The van der Waals surface area contributed by atoms with E-state index in [4.69, 9.17) is 15.0 Å². The monoisotopic (exact) mass is 691 g/mol. The smallest absolute Gasteiger partial charge is 0.164 e. The first-order chi connectivity index (χ1) is 26.7. The van der Waals surface area contributed by atoms with E-state index in [1.165, 1.54) is 33.4 Å². The SMILES string of the molecule is c1ccc(-c2cc(-c3ccccc3)cc(-c3ccc(-c4cccc(-c5cccc(-c6nc(-c7ccncc7)nc(-c7ccncc7)n6)c5)c4)cc3)c2)cc1. The summed E-state index contributed by atoms with van der Waals surface area (Å²) in [6.45, 7) is 0. The van der Waals surface area contributed by atoms with Crippen LogP contribution >= 0.6 is 0 Å². The minimum Gasteiger partial charge on any atom is -0.265 e. The van der Waals surface area contributed by atoms with Gasteiger partial charge in [0.1, 0.15) is 0 Å². The van der Waals surface area contributed by atoms with Gasteiger partial charge in [-0.05, 0) is 110 Å². The highest BCUT2D eigenvalue weighted by Gasteiger charge is 2.14. The first-order valence-electron chi connectivity index (χ1n) is 17.9. The molecule has 54 heavy (non-hydrogen) atoms. The zero-order valence-corrected chi connectivity index (χ0v) is 29.3. The maximum atomic E-state index is 4.91. The van der Waals surface area contributed by atoms with Gasteiger partial charge < -0.3 is 0 Å². The molecule has 0 saturated carbocycles. The number of aromatic nitrogens is 5. The van der Waals surface area contributed by atoms with E-state index in [2.05, 4.69) is 156 Å². The summed E-state index contributed by atoms with van der Waals surface area (Å²) >= 11 is 0. The molecule has 5 nitrogen and oxygen atoms in total. The van der Waals surface area contributed by atoms with Crippen molar-refractivity contribution in [3.63, 3.8) is 0 Å². The lowest BCUT2D eigenvalue weighted by Crippen LogP contribution is -2.00. The Morgan fingerprint density at radius 3 is 0.944 bits per heavy atom. The third-order valence-electron chi connectivity index (χ3n) is 9.53. The van der Waals surface area contributed by atoms with Crippen LogP contribution in [-0.2, 0) is 0 Å². The summed E-state index contributed by atoms with van der Waals surface area (Å²) in [4.78, 5) is 23.0. The van der Waals surface area contributed by atoms with Gasteiger partial charge in [0.25, 0.3) is 0 Å². The van der Waals surface area contributed by atoms with E-state index in [-0.39, 0.29) is 0 Å². The Morgan fingerprint density at radius 2 is 0.500 bits per heavy atom. The molecule has 0 amide bonds. The highest BCUT2D eigenvalue weighted by Crippen LogP contribution is 2.35. The van der Waals surface area contributed by atoms with E-state index in [0.717, 1.165) is 38.9 Å². The van der Waals surface area contributed by atoms with Crippen LogP contribution in [0, 0.1) is 0 Å². The fourth-order valence-electron chi connectivity index (χ4n) is 6.73. The maximum Gasteiger partial charge on any atom is 0.164 e. The number of nitrogens with zero attached hydrogens (tertiary/aromatic N) is 5. The zero-order chi connectivity index (χ0) is 36.1. The van der Waals surface area contributed by atoms with Gasteiger partial charge in [-0.2, -0.15) is 0 Å². The van der Waals surface area contributed by atoms with Gasteiger partial charge in [0, 0.05) is 41.5 Å². The third kappa shape index (κ3) is 6.94. The summed E-state index contributed by atoms with van der Waals surface area (Å²) in [7, 11) is 0. The van der Waals surface area contributed by atoms with Gasteiger partial charge in [-0.3, -0.25) is 9.97 Å². The quantitative estimate of drug-likeness (QED) is 0.159. The van der Waals surface area contributed by atoms with Crippen molar-refractivity contribution in [3.8, 4) is 89.8 Å². The number of hydrogen-bond donors (Lipinski definition) is 0. The van der Waals surface area contributed by atoms with Crippen LogP contribution < -0.4 is 0 Å². The maximum absolute atomic E-state index is 4.91. The molecule has 0 radical (unpaired) electrons. The van der Waals surface area contributed by atoms with Crippen molar-refractivity contribution in [1.29, 1.82) is 0 Å². The van der Waals surface area contributed by atoms with Crippen LogP contribution in [0.25, 0.3) is 89.8 Å². The molecule has 0 atom stereocenters. The Morgan fingerprint density at radius 1 is 0.204 bits per heavy atom. The fourth-order valence-corrected chi connectivity index (χ4v) is 6.73. The van der Waals surface area contributed by atoms with Crippen LogP contribution in [0.2, 0.25) is 0 Å². The second kappa shape index (κ2) is 14.7. The molecule has 0 spiro atoms. The molecule has 3 aromatic heterocycles. The second-order valence-electron chi connectivity index (χ2n) is 13.0. The molecular weight excluding hydrogens is 659 g/mol. The normalized spacial score (nSPS) is 11.0. The van der Waals surface area contributed by atoms with Gasteiger partial charge in [0.2, 0.25) is 0 Å². The second-order valence-corrected chi connectivity index (χ2v) is 13.0. The van der Waals surface area contributed by atoms with Crippen LogP contribution in [0.5, 0.6) is 0 Å². The van der Waals surface area contributed by atoms with Gasteiger partial charge in [-0.25, -0.2) is 15.0 Å². The minimum atomic E-state index is 0.591. The lowest BCUT2D eigenvalue weighted by atomic mass is 9.92. The average molecular weight is 692 g/mol. The fraction of sp³-hybridized carbons (Fsp3) is 0. The van der Waals surface area contributed by atoms with Crippen LogP contribution in [0.3, 0.4) is 0 Å². The first kappa shape index (κ1) is 32.5. The van der Waals surface area contributed by atoms with E-state index in [1.54, 1.807) is 24.8 Å². The largest absolute Gasteiger partial charge is 0.265 e. The molecule has 0 N–H and O–H groups in total. The zero-order valence-electron chi connectivity index (χ0n) is 29.3. The molecule has 0 aliphatic carbocycles. The van der Waals surface area contributed by atoms with Crippen LogP contribution in [0.1, 0.15) is 0 Å². The molecular formula is C49H33N5. The molecule has 5 heteroatoms. The Balaban J connectivity index is 1.04. The van der Waals surface area contributed by atoms with Crippen molar-refractivity contribution in [2.45, 2.75) is 0 Å². The summed E-state index contributed by atoms with van der Waals surface area (Å²) in [6.07, 6.45) is 6.99. The molecule has 9 rings (SSSR count). The molecule has 0 fully saturated rings. The minimum absolute atomic E-state index is 0.591. The molecule has 0 aliphatic rings. The van der Waals surface area contributed by atoms with Gasteiger partial charge in [0.05, 0.1) is 0 Å². The molecule has 0 aliphatic heterocycles. The number of hydrogen-bond acceptors (Lipinski definition) is 5. The molecule has 0 unspecified atom stereocenters. The van der Waals surface area contributed by atoms with Crippen LogP contribution in [0.15, 0.2) is 201 Å². The standard InChI is InChI=1S/C49H33N5/c1-3-9-34(10-4-1)44-31-45(35-11-5-2-6-12-35)33-46(32-44)37-19-17-36(18-20-37)40-13-7-14-41(29-40)42-15-8-16-43(30-42)49-53-47(38-21-25-50-26-22-38)52-48(54-49)39-23-27-51-28-24-39/h1-33H. The number of rotatable bonds is 8. The van der Waals surface area contributed by atoms with Crippen molar-refractivity contribution in [3.05, 3.63) is 201 Å². The highest BCUT2D eigenvalue weighted by molar-refractivity contribution is 5.83. The predicted molar refractivity (Wildman–Crippen MR) is 219 cm³/mol. The summed E-state index contributed by atoms with van der Waals surface area (Å²) < 4.78 is 0. The Labute approximate surface area is 314 Å². The highest BCUT2D eigenvalue weighted by atomic mass is 15.0. The lowest BCUT2D eigenvalue weighted by molar-refractivity contribution is 1.07. The predicted octanol–water partition coefficient (Wildman–Crippen LogP) is 12.0. The summed E-state index contributed by atoms with van der Waals surface area (Å²) in [5.41, 5.74) is 14.3. The first-order valence-corrected chi connectivity index (χ1v) is 17.9. The lowest BCUT2D eigenvalue weighted by Gasteiger charge is -2.12. The Hall–Kier alpha value is -7.37. The molecule has 254 valence electrons. The van der Waals surface area contributed by atoms with E-state index in [1.807, 2.05) is 30.3 Å². The molecule has 6 aromatic carbocycles. The molecule has 0 bridgehead atoms. The van der Waals surface area contributed by atoms with Gasteiger partial charge in [0.15, 0.2) is 17.5 Å². The van der Waals surface area contributed by atoms with E-state index >= 15 is 0 Å². The third-order valence-corrected chi connectivity index (χ3v) is 9.53.